The first-order valence-corrected chi connectivity index (χ1v) is 13.6. The Morgan fingerprint density at radius 1 is 1.20 bits per heavy atom. The zero-order chi connectivity index (χ0) is 25.4. The number of hydrogen-bond acceptors (Lipinski definition) is 6. The lowest BCUT2D eigenvalue weighted by Crippen LogP contribution is -2.55. The number of nitrogens with one attached hydrogen (secondary N) is 1. The summed E-state index contributed by atoms with van der Waals surface area (Å²) >= 11 is 11.8. The predicted octanol–water partition coefficient (Wildman–Crippen LogP) is 4.37. The summed E-state index contributed by atoms with van der Waals surface area (Å²) in [5.74, 6) is 0.855. The van der Waals surface area contributed by atoms with Crippen LogP contribution in [0.4, 0.5) is 5.69 Å². The van der Waals surface area contributed by atoms with Gasteiger partial charge >= 0.3 is 0 Å². The highest BCUT2D eigenvalue weighted by Gasteiger charge is 2.33. The Morgan fingerprint density at radius 2 is 1.94 bits per heavy atom. The standard InChI is InChI=1S/C26H41ClN4O3S/c1-4-5-6-7-25(35)31-12-8-18(9-13-31)16-30-11-10-22(24(17-30)34-3)29-26(32)19-14-20(27)21(28)15-23(19)33-2/h14-15,18,22,24H,4-13,16-17,28H2,1-3H3,(H,29,32)/t22-,24+/m1/s1. The van der Waals surface area contributed by atoms with Crippen LogP contribution in [-0.4, -0.2) is 79.8 Å². The van der Waals surface area contributed by atoms with E-state index in [4.69, 9.17) is 39.0 Å². The number of amides is 1. The number of carbonyl (C=O) groups excluding carboxylic acids is 1. The maximum Gasteiger partial charge on any atom is 0.255 e. The minimum atomic E-state index is -0.230. The highest BCUT2D eigenvalue weighted by Crippen LogP contribution is 2.29. The van der Waals surface area contributed by atoms with Gasteiger partial charge in [0.2, 0.25) is 0 Å². The monoisotopic (exact) mass is 524 g/mol. The molecule has 2 saturated heterocycles. The number of methoxy groups -OCH3 is 2. The lowest BCUT2D eigenvalue weighted by molar-refractivity contribution is -0.000286. The molecule has 196 valence electrons. The Kier molecular flexibility index (Phi) is 10.9. The quantitative estimate of drug-likeness (QED) is 0.267. The first-order valence-electron chi connectivity index (χ1n) is 12.8. The van der Waals surface area contributed by atoms with E-state index in [0.29, 0.717) is 27.9 Å². The van der Waals surface area contributed by atoms with Crippen molar-refractivity contribution in [3.63, 3.8) is 0 Å². The Bertz CT molecular complexity index is 863. The van der Waals surface area contributed by atoms with E-state index in [1.165, 1.54) is 39.2 Å². The van der Waals surface area contributed by atoms with Gasteiger partial charge in [-0.1, -0.05) is 43.6 Å². The van der Waals surface area contributed by atoms with Crippen molar-refractivity contribution in [2.45, 2.75) is 64.0 Å². The lowest BCUT2D eigenvalue weighted by atomic mass is 9.93. The minimum absolute atomic E-state index is 0.0748. The van der Waals surface area contributed by atoms with Gasteiger partial charge in [0.05, 0.1) is 40.5 Å². The molecule has 2 fully saturated rings. The molecule has 7 nitrogen and oxygen atoms in total. The molecule has 1 amide bonds. The summed E-state index contributed by atoms with van der Waals surface area (Å²) in [6.07, 6.45) is 7.87. The fraction of sp³-hybridized carbons (Fsp3) is 0.692. The first kappa shape index (κ1) is 28.0. The molecule has 2 heterocycles. The Morgan fingerprint density at radius 3 is 2.60 bits per heavy atom. The van der Waals surface area contributed by atoms with Crippen LogP contribution >= 0.6 is 23.8 Å². The van der Waals surface area contributed by atoms with Gasteiger partial charge in [-0.05, 0) is 44.1 Å². The van der Waals surface area contributed by atoms with Crippen molar-refractivity contribution in [2.24, 2.45) is 5.92 Å². The van der Waals surface area contributed by atoms with Gasteiger partial charge in [-0.15, -0.1) is 0 Å². The van der Waals surface area contributed by atoms with Crippen LogP contribution in [0.25, 0.3) is 0 Å². The summed E-state index contributed by atoms with van der Waals surface area (Å²) in [4.78, 5) is 19.1. The second kappa shape index (κ2) is 13.6. The van der Waals surface area contributed by atoms with Crippen LogP contribution in [0.3, 0.4) is 0 Å². The number of likely N-dealkylation sites (tertiary alicyclic amines) is 2. The van der Waals surface area contributed by atoms with Crippen molar-refractivity contribution in [2.75, 3.05) is 52.7 Å². The normalized spacial score (nSPS) is 21.7. The average molecular weight is 525 g/mol. The molecule has 0 unspecified atom stereocenters. The van der Waals surface area contributed by atoms with Crippen LogP contribution in [0.15, 0.2) is 12.1 Å². The highest BCUT2D eigenvalue weighted by molar-refractivity contribution is 7.80. The number of benzene rings is 1. The van der Waals surface area contributed by atoms with Gasteiger partial charge in [0, 0.05) is 45.9 Å². The summed E-state index contributed by atoms with van der Waals surface area (Å²) in [5.41, 5.74) is 6.61. The summed E-state index contributed by atoms with van der Waals surface area (Å²) < 4.78 is 11.1. The van der Waals surface area contributed by atoms with E-state index in [-0.39, 0.29) is 18.1 Å². The summed E-state index contributed by atoms with van der Waals surface area (Å²) in [6.45, 7) is 7.17. The molecule has 35 heavy (non-hydrogen) atoms. The van der Waals surface area contributed by atoms with E-state index in [1.807, 2.05) is 0 Å². The third-order valence-electron chi connectivity index (χ3n) is 7.30. The van der Waals surface area contributed by atoms with Crippen LogP contribution < -0.4 is 15.8 Å². The maximum absolute atomic E-state index is 13.0. The van der Waals surface area contributed by atoms with Crippen LogP contribution in [0, 0.1) is 5.92 Å². The van der Waals surface area contributed by atoms with Gasteiger partial charge in [0.1, 0.15) is 5.75 Å². The summed E-state index contributed by atoms with van der Waals surface area (Å²) in [6, 6.07) is 3.06. The first-order chi connectivity index (χ1) is 16.9. The van der Waals surface area contributed by atoms with Crippen LogP contribution in [0.5, 0.6) is 5.75 Å². The van der Waals surface area contributed by atoms with Crippen molar-refractivity contribution in [3.05, 3.63) is 22.7 Å². The van der Waals surface area contributed by atoms with Gasteiger partial charge in [-0.25, -0.2) is 0 Å². The molecule has 2 aliphatic rings. The Balaban J connectivity index is 1.48. The molecule has 0 bridgehead atoms. The molecule has 2 atom stereocenters. The van der Waals surface area contributed by atoms with E-state index < -0.39 is 0 Å². The average Bonchev–Trinajstić information content (AvgIpc) is 2.86. The minimum Gasteiger partial charge on any atom is -0.496 e. The largest absolute Gasteiger partial charge is 0.496 e. The molecule has 1 aromatic rings. The van der Waals surface area contributed by atoms with E-state index >= 15 is 0 Å². The van der Waals surface area contributed by atoms with Gasteiger partial charge in [-0.3, -0.25) is 4.79 Å². The van der Waals surface area contributed by atoms with Crippen molar-refractivity contribution < 1.29 is 14.3 Å². The third kappa shape index (κ3) is 7.68. The van der Waals surface area contributed by atoms with Crippen molar-refractivity contribution >= 4 is 40.4 Å². The van der Waals surface area contributed by atoms with Crippen LogP contribution in [0.1, 0.15) is 62.2 Å². The number of unbranched alkanes of at least 4 members (excludes halogenated alkanes) is 2. The van der Waals surface area contributed by atoms with Crippen LogP contribution in [0.2, 0.25) is 5.02 Å². The summed E-state index contributed by atoms with van der Waals surface area (Å²) in [7, 11) is 3.23. The van der Waals surface area contributed by atoms with Crippen molar-refractivity contribution in [1.82, 2.24) is 15.1 Å². The molecule has 0 aliphatic carbocycles. The van der Waals surface area contributed by atoms with E-state index in [9.17, 15) is 4.79 Å². The predicted molar refractivity (Wildman–Crippen MR) is 147 cm³/mol. The van der Waals surface area contributed by atoms with E-state index in [2.05, 4.69) is 22.0 Å². The molecule has 3 N–H and O–H groups in total. The molecule has 0 aromatic heterocycles. The number of hydrogen-bond donors (Lipinski definition) is 2. The number of piperidine rings is 2. The number of nitrogen functional groups attached to an aromatic ring is 1. The van der Waals surface area contributed by atoms with Gasteiger partial charge in [0.15, 0.2) is 0 Å². The van der Waals surface area contributed by atoms with Gasteiger partial charge in [-0.2, -0.15) is 0 Å². The summed E-state index contributed by atoms with van der Waals surface area (Å²) in [5, 5.41) is 3.46. The van der Waals surface area contributed by atoms with Gasteiger partial charge in [0.25, 0.3) is 5.91 Å². The zero-order valence-corrected chi connectivity index (χ0v) is 22.9. The molecule has 0 radical (unpaired) electrons. The second-order valence-electron chi connectivity index (χ2n) is 9.76. The number of carbonyl (C=O) groups is 1. The topological polar surface area (TPSA) is 80.1 Å². The number of rotatable bonds is 10. The molecule has 1 aromatic carbocycles. The molecule has 0 spiro atoms. The van der Waals surface area contributed by atoms with E-state index in [0.717, 1.165) is 50.6 Å². The molecule has 9 heteroatoms. The SMILES string of the molecule is CCCCCC(=S)N1CCC(CN2CC[C@@H](NC(=O)c3cc(Cl)c(N)cc3OC)[C@@H](OC)C2)CC1. The maximum atomic E-state index is 13.0. The highest BCUT2D eigenvalue weighted by atomic mass is 35.5. The number of nitrogens with two attached hydrogens (primary N) is 1. The van der Waals surface area contributed by atoms with Gasteiger partial charge < -0.3 is 30.3 Å². The van der Waals surface area contributed by atoms with Crippen molar-refractivity contribution in [1.29, 1.82) is 0 Å². The van der Waals surface area contributed by atoms with E-state index in [1.54, 1.807) is 19.2 Å². The lowest BCUT2D eigenvalue weighted by Gasteiger charge is -2.41. The number of thiocarbonyl (C=S) groups is 1. The second-order valence-corrected chi connectivity index (χ2v) is 10.6. The van der Waals surface area contributed by atoms with Crippen molar-refractivity contribution in [3.8, 4) is 5.75 Å². The molecule has 0 saturated carbocycles. The molecular formula is C26H41ClN4O3S. The Labute approximate surface area is 220 Å². The van der Waals surface area contributed by atoms with Crippen LogP contribution in [-0.2, 0) is 4.74 Å². The third-order valence-corrected chi connectivity index (χ3v) is 8.09. The Hall–Kier alpha value is -1.61. The molecule has 3 rings (SSSR count). The fourth-order valence-electron chi connectivity index (χ4n) is 5.13. The number of ether oxygens (including phenoxy) is 2. The number of halogens is 1. The number of nitrogens with zero attached hydrogens (tertiary/aromatic N) is 2. The zero-order valence-electron chi connectivity index (χ0n) is 21.4. The molecule has 2 aliphatic heterocycles. The molecular weight excluding hydrogens is 484 g/mol. The number of anilines is 1. The fourth-order valence-corrected chi connectivity index (χ4v) is 5.62. The smallest absolute Gasteiger partial charge is 0.255 e.